The van der Waals surface area contributed by atoms with Gasteiger partial charge in [-0.2, -0.15) is 0 Å². The Bertz CT molecular complexity index is 583. The average molecular weight is 378 g/mol. The van der Waals surface area contributed by atoms with Crippen LogP contribution >= 0.6 is 0 Å². The summed E-state index contributed by atoms with van der Waals surface area (Å²) in [4.78, 5) is 37.4. The van der Waals surface area contributed by atoms with Gasteiger partial charge in [-0.3, -0.25) is 0 Å². The lowest BCUT2D eigenvalue weighted by molar-refractivity contribution is 0.0432. The second-order valence-electron chi connectivity index (χ2n) is 6.20. The number of ether oxygens (including phenoxy) is 3. The number of carbonyl (C=O) groups excluding carboxylic acids is 3. The van der Waals surface area contributed by atoms with Gasteiger partial charge in [-0.25, -0.2) is 14.4 Å². The Balaban J connectivity index is 3.12. The molecule has 0 N–H and O–H groups in total. The molecule has 0 amide bonds. The van der Waals surface area contributed by atoms with E-state index in [-0.39, 0.29) is 36.5 Å². The highest BCUT2D eigenvalue weighted by atomic mass is 16.5. The van der Waals surface area contributed by atoms with E-state index in [1.165, 1.54) is 18.2 Å². The number of benzene rings is 1. The minimum Gasteiger partial charge on any atom is -0.462 e. The SMILES string of the molecule is CCCCOC(=O)c1cccc(C(=O)OCCCC)c1C(=O)OCCCC. The van der Waals surface area contributed by atoms with Crippen molar-refractivity contribution in [1.82, 2.24) is 0 Å². The molecule has 0 atom stereocenters. The Morgan fingerprint density at radius 3 is 1.41 bits per heavy atom. The summed E-state index contributed by atoms with van der Waals surface area (Å²) in [6.07, 6.45) is 4.76. The van der Waals surface area contributed by atoms with Crippen molar-refractivity contribution in [3.8, 4) is 0 Å². The van der Waals surface area contributed by atoms with Gasteiger partial charge >= 0.3 is 17.9 Å². The lowest BCUT2D eigenvalue weighted by atomic mass is 10.0. The summed E-state index contributed by atoms with van der Waals surface area (Å²) in [5.41, 5.74) is -0.0355. The first-order chi connectivity index (χ1) is 13.1. The van der Waals surface area contributed by atoms with Gasteiger partial charge in [0.15, 0.2) is 0 Å². The van der Waals surface area contributed by atoms with E-state index in [1.807, 2.05) is 20.8 Å². The molecule has 0 aliphatic carbocycles. The van der Waals surface area contributed by atoms with Crippen molar-refractivity contribution in [1.29, 1.82) is 0 Å². The largest absolute Gasteiger partial charge is 0.462 e. The first kappa shape index (κ1) is 22.7. The third kappa shape index (κ3) is 7.41. The maximum atomic E-state index is 12.6. The van der Waals surface area contributed by atoms with Crippen molar-refractivity contribution >= 4 is 17.9 Å². The summed E-state index contributed by atoms with van der Waals surface area (Å²) < 4.78 is 15.7. The van der Waals surface area contributed by atoms with Gasteiger partial charge in [-0.05, 0) is 31.4 Å². The first-order valence-corrected chi connectivity index (χ1v) is 9.71. The number of carbonyl (C=O) groups is 3. The molecule has 1 aromatic carbocycles. The van der Waals surface area contributed by atoms with E-state index in [2.05, 4.69) is 0 Å². The van der Waals surface area contributed by atoms with Crippen LogP contribution in [0.2, 0.25) is 0 Å². The van der Waals surface area contributed by atoms with Crippen LogP contribution in [0, 0.1) is 0 Å². The van der Waals surface area contributed by atoms with Gasteiger partial charge < -0.3 is 14.2 Å². The van der Waals surface area contributed by atoms with Crippen LogP contribution in [-0.4, -0.2) is 37.7 Å². The molecule has 6 heteroatoms. The molecule has 0 saturated heterocycles. The summed E-state index contributed by atoms with van der Waals surface area (Å²) >= 11 is 0. The first-order valence-electron chi connectivity index (χ1n) is 9.71. The van der Waals surface area contributed by atoms with E-state index >= 15 is 0 Å². The topological polar surface area (TPSA) is 78.9 Å². The van der Waals surface area contributed by atoms with Gasteiger partial charge in [0.2, 0.25) is 0 Å². The summed E-state index contributed by atoms with van der Waals surface area (Å²) in [5, 5.41) is 0. The maximum absolute atomic E-state index is 12.6. The van der Waals surface area contributed by atoms with Crippen LogP contribution < -0.4 is 0 Å². The molecule has 150 valence electrons. The van der Waals surface area contributed by atoms with Crippen molar-refractivity contribution in [3.05, 3.63) is 34.9 Å². The fraction of sp³-hybridized carbons (Fsp3) is 0.571. The lowest BCUT2D eigenvalue weighted by Crippen LogP contribution is -2.20. The van der Waals surface area contributed by atoms with Crippen LogP contribution in [0.15, 0.2) is 18.2 Å². The molecule has 0 aliphatic rings. The minimum atomic E-state index is -0.714. The molecule has 27 heavy (non-hydrogen) atoms. The molecule has 0 fully saturated rings. The molecule has 0 bridgehead atoms. The van der Waals surface area contributed by atoms with E-state index in [9.17, 15) is 14.4 Å². The molecule has 0 heterocycles. The van der Waals surface area contributed by atoms with Crippen molar-refractivity contribution in [2.45, 2.75) is 59.3 Å². The summed E-state index contributed by atoms with van der Waals surface area (Å²) in [6, 6.07) is 4.47. The lowest BCUT2D eigenvalue weighted by Gasteiger charge is -2.13. The molecule has 0 unspecified atom stereocenters. The van der Waals surface area contributed by atoms with Gasteiger partial charge in [-0.1, -0.05) is 46.1 Å². The maximum Gasteiger partial charge on any atom is 0.339 e. The predicted molar refractivity (Wildman–Crippen MR) is 102 cm³/mol. The quantitative estimate of drug-likeness (QED) is 0.301. The molecule has 1 aromatic rings. The second-order valence-corrected chi connectivity index (χ2v) is 6.20. The summed E-state index contributed by atoms with van der Waals surface area (Å²) in [6.45, 7) is 6.67. The Hall–Kier alpha value is -2.37. The van der Waals surface area contributed by atoms with E-state index < -0.39 is 17.9 Å². The van der Waals surface area contributed by atoms with Crippen LogP contribution in [0.25, 0.3) is 0 Å². The van der Waals surface area contributed by atoms with Crippen molar-refractivity contribution < 1.29 is 28.6 Å². The smallest absolute Gasteiger partial charge is 0.339 e. The number of hydrogen-bond donors (Lipinski definition) is 0. The number of unbranched alkanes of at least 4 members (excludes halogenated alkanes) is 3. The third-order valence-corrected chi connectivity index (χ3v) is 3.90. The standard InChI is InChI=1S/C21H30O6/c1-4-7-13-25-19(22)16-11-10-12-17(20(23)26-14-8-5-2)18(16)21(24)27-15-9-6-3/h10-12H,4-9,13-15H2,1-3H3. The van der Waals surface area contributed by atoms with Crippen LogP contribution in [-0.2, 0) is 14.2 Å². The molecule has 0 aromatic heterocycles. The van der Waals surface area contributed by atoms with Gasteiger partial charge in [0, 0.05) is 0 Å². The molecular formula is C21H30O6. The average Bonchev–Trinajstić information content (AvgIpc) is 2.67. The fourth-order valence-electron chi connectivity index (χ4n) is 2.27. The Morgan fingerprint density at radius 2 is 1.04 bits per heavy atom. The molecular weight excluding hydrogens is 348 g/mol. The Morgan fingerprint density at radius 1 is 0.667 bits per heavy atom. The fourth-order valence-corrected chi connectivity index (χ4v) is 2.27. The zero-order valence-corrected chi connectivity index (χ0v) is 16.5. The Labute approximate surface area is 161 Å². The number of hydrogen-bond acceptors (Lipinski definition) is 6. The van der Waals surface area contributed by atoms with Gasteiger partial charge in [-0.15, -0.1) is 0 Å². The predicted octanol–water partition coefficient (Wildman–Crippen LogP) is 4.56. The van der Waals surface area contributed by atoms with Gasteiger partial charge in [0.1, 0.15) is 0 Å². The van der Waals surface area contributed by atoms with E-state index in [1.54, 1.807) is 0 Å². The molecule has 0 radical (unpaired) electrons. The molecule has 0 saturated carbocycles. The van der Waals surface area contributed by atoms with E-state index in [4.69, 9.17) is 14.2 Å². The van der Waals surface area contributed by atoms with E-state index in [0.717, 1.165) is 32.1 Å². The number of esters is 3. The zero-order valence-electron chi connectivity index (χ0n) is 16.5. The van der Waals surface area contributed by atoms with Crippen molar-refractivity contribution in [3.63, 3.8) is 0 Å². The highest BCUT2D eigenvalue weighted by Crippen LogP contribution is 2.19. The minimum absolute atomic E-state index is 0.0255. The Kier molecular flexibility index (Phi) is 10.8. The molecule has 0 spiro atoms. The van der Waals surface area contributed by atoms with Gasteiger partial charge in [0.25, 0.3) is 0 Å². The highest BCUT2D eigenvalue weighted by molar-refractivity contribution is 6.10. The van der Waals surface area contributed by atoms with Crippen LogP contribution in [0.5, 0.6) is 0 Å². The van der Waals surface area contributed by atoms with E-state index in [0.29, 0.717) is 6.42 Å². The highest BCUT2D eigenvalue weighted by Gasteiger charge is 2.27. The summed E-state index contributed by atoms with van der Waals surface area (Å²) in [7, 11) is 0. The normalized spacial score (nSPS) is 10.3. The molecule has 0 aliphatic heterocycles. The number of rotatable bonds is 12. The second kappa shape index (κ2) is 12.9. The van der Waals surface area contributed by atoms with Gasteiger partial charge in [0.05, 0.1) is 36.5 Å². The zero-order chi connectivity index (χ0) is 20.1. The monoisotopic (exact) mass is 378 g/mol. The van der Waals surface area contributed by atoms with Crippen molar-refractivity contribution in [2.75, 3.05) is 19.8 Å². The van der Waals surface area contributed by atoms with Crippen molar-refractivity contribution in [2.24, 2.45) is 0 Å². The molecule has 6 nitrogen and oxygen atoms in total. The third-order valence-electron chi connectivity index (χ3n) is 3.90. The molecule has 1 rings (SSSR count). The summed E-state index contributed by atoms with van der Waals surface area (Å²) in [5.74, 6) is -2.00. The van der Waals surface area contributed by atoms with Crippen LogP contribution in [0.1, 0.15) is 90.4 Å². The van der Waals surface area contributed by atoms with Crippen LogP contribution in [0.4, 0.5) is 0 Å². The van der Waals surface area contributed by atoms with Crippen LogP contribution in [0.3, 0.4) is 0 Å².